The van der Waals surface area contributed by atoms with Gasteiger partial charge in [-0.25, -0.2) is 0 Å². The predicted octanol–water partition coefficient (Wildman–Crippen LogP) is 4.90. The summed E-state index contributed by atoms with van der Waals surface area (Å²) in [7, 11) is 1.67. The molecule has 4 heteroatoms. The molecule has 1 atom stereocenters. The van der Waals surface area contributed by atoms with Gasteiger partial charge in [-0.2, -0.15) is 0 Å². The molecule has 0 spiro atoms. The fourth-order valence-electron chi connectivity index (χ4n) is 2.40. The van der Waals surface area contributed by atoms with Crippen molar-refractivity contribution >= 4 is 26.9 Å². The molecule has 1 aromatic heterocycles. The van der Waals surface area contributed by atoms with Gasteiger partial charge < -0.3 is 14.5 Å². The van der Waals surface area contributed by atoms with Gasteiger partial charge in [0.25, 0.3) is 0 Å². The van der Waals surface area contributed by atoms with E-state index in [4.69, 9.17) is 9.15 Å². The van der Waals surface area contributed by atoms with Crippen LogP contribution < -0.4 is 10.1 Å². The Morgan fingerprint density at radius 3 is 2.55 bits per heavy atom. The second-order valence-electron chi connectivity index (χ2n) is 6.03. The highest BCUT2D eigenvalue weighted by Gasteiger charge is 2.28. The maximum atomic E-state index is 6.07. The van der Waals surface area contributed by atoms with E-state index >= 15 is 0 Å². The molecular formula is C16H22BrNO2. The summed E-state index contributed by atoms with van der Waals surface area (Å²) in [5, 5.41) is 4.56. The van der Waals surface area contributed by atoms with E-state index in [0.29, 0.717) is 0 Å². The molecule has 0 fully saturated rings. The molecule has 0 bridgehead atoms. The Morgan fingerprint density at radius 1 is 1.30 bits per heavy atom. The molecule has 0 amide bonds. The van der Waals surface area contributed by atoms with Crippen LogP contribution >= 0.6 is 15.9 Å². The van der Waals surface area contributed by atoms with Crippen LogP contribution in [0.15, 0.2) is 27.1 Å². The van der Waals surface area contributed by atoms with Crippen LogP contribution in [0.4, 0.5) is 0 Å². The fraction of sp³-hybridized carbons (Fsp3) is 0.500. The van der Waals surface area contributed by atoms with Gasteiger partial charge in [0, 0.05) is 5.39 Å². The predicted molar refractivity (Wildman–Crippen MR) is 86.3 cm³/mol. The van der Waals surface area contributed by atoms with Crippen molar-refractivity contribution in [2.45, 2.75) is 33.7 Å². The van der Waals surface area contributed by atoms with Crippen molar-refractivity contribution in [3.8, 4) is 5.75 Å². The smallest absolute Gasteiger partial charge is 0.148 e. The number of methoxy groups -OCH3 is 1. The number of furan rings is 1. The Morgan fingerprint density at radius 2 is 2.00 bits per heavy atom. The quantitative estimate of drug-likeness (QED) is 0.860. The van der Waals surface area contributed by atoms with Crippen LogP contribution in [0.25, 0.3) is 11.0 Å². The lowest BCUT2D eigenvalue weighted by molar-refractivity contribution is 0.244. The molecule has 2 aromatic rings. The van der Waals surface area contributed by atoms with Crippen LogP contribution in [0.1, 0.15) is 39.5 Å². The number of ether oxygens (including phenoxy) is 1. The average Bonchev–Trinajstić information content (AvgIpc) is 2.78. The van der Waals surface area contributed by atoms with Crippen LogP contribution in [0.2, 0.25) is 0 Å². The number of benzene rings is 1. The molecule has 0 aliphatic carbocycles. The standard InChI is InChI=1S/C16H22BrNO2/c1-6-18-15(16(2,3)4)13-8-10-7-11(19-5)9-12(17)14(10)20-13/h7-9,15,18H,6H2,1-5H3. The molecule has 1 aromatic carbocycles. The van der Waals surface area contributed by atoms with Crippen molar-refractivity contribution in [3.05, 3.63) is 28.4 Å². The fourth-order valence-corrected chi connectivity index (χ4v) is 2.94. The first kappa shape index (κ1) is 15.4. The summed E-state index contributed by atoms with van der Waals surface area (Å²) in [6.45, 7) is 9.65. The topological polar surface area (TPSA) is 34.4 Å². The van der Waals surface area contributed by atoms with Gasteiger partial charge in [-0.05, 0) is 46.1 Å². The first-order valence-corrected chi connectivity index (χ1v) is 7.66. The lowest BCUT2D eigenvalue weighted by Crippen LogP contribution is -2.31. The lowest BCUT2D eigenvalue weighted by atomic mass is 9.85. The minimum absolute atomic E-state index is 0.0838. The molecule has 3 nitrogen and oxygen atoms in total. The second kappa shape index (κ2) is 5.78. The monoisotopic (exact) mass is 339 g/mol. The maximum absolute atomic E-state index is 6.07. The highest BCUT2D eigenvalue weighted by Crippen LogP contribution is 2.38. The number of halogens is 1. The van der Waals surface area contributed by atoms with Crippen LogP contribution in [-0.2, 0) is 0 Å². The molecule has 1 N–H and O–H groups in total. The van der Waals surface area contributed by atoms with Crippen LogP contribution in [-0.4, -0.2) is 13.7 Å². The minimum atomic E-state index is 0.0838. The first-order valence-electron chi connectivity index (χ1n) is 6.87. The molecule has 1 heterocycles. The Labute approximate surface area is 128 Å². The molecule has 2 rings (SSSR count). The number of hydrogen-bond acceptors (Lipinski definition) is 3. The van der Waals surface area contributed by atoms with Gasteiger partial charge in [-0.15, -0.1) is 0 Å². The molecule has 0 radical (unpaired) electrons. The van der Waals surface area contributed by atoms with Gasteiger partial charge >= 0.3 is 0 Å². The van der Waals surface area contributed by atoms with E-state index in [1.54, 1.807) is 7.11 Å². The van der Waals surface area contributed by atoms with E-state index in [1.165, 1.54) is 0 Å². The molecule has 0 saturated heterocycles. The van der Waals surface area contributed by atoms with E-state index in [9.17, 15) is 0 Å². The summed E-state index contributed by atoms with van der Waals surface area (Å²) in [6.07, 6.45) is 0. The van der Waals surface area contributed by atoms with Crippen LogP contribution in [0.3, 0.4) is 0 Å². The average molecular weight is 340 g/mol. The summed E-state index contributed by atoms with van der Waals surface area (Å²) in [5.74, 6) is 1.79. The van der Waals surface area contributed by atoms with E-state index in [0.717, 1.165) is 33.5 Å². The first-order chi connectivity index (χ1) is 9.36. The van der Waals surface area contributed by atoms with Gasteiger partial charge in [0.05, 0.1) is 17.6 Å². The van der Waals surface area contributed by atoms with E-state index in [-0.39, 0.29) is 11.5 Å². The Hall–Kier alpha value is -1.00. The third-order valence-electron chi connectivity index (χ3n) is 3.36. The highest BCUT2D eigenvalue weighted by atomic mass is 79.9. The summed E-state index contributed by atoms with van der Waals surface area (Å²) in [5.41, 5.74) is 0.952. The minimum Gasteiger partial charge on any atom is -0.497 e. The van der Waals surface area contributed by atoms with Gasteiger partial charge in [0.15, 0.2) is 0 Å². The zero-order chi connectivity index (χ0) is 14.9. The van der Waals surface area contributed by atoms with Crippen molar-refractivity contribution in [2.75, 3.05) is 13.7 Å². The molecular weight excluding hydrogens is 318 g/mol. The van der Waals surface area contributed by atoms with Crippen LogP contribution in [0.5, 0.6) is 5.75 Å². The van der Waals surface area contributed by atoms with Crippen molar-refractivity contribution in [1.29, 1.82) is 0 Å². The number of rotatable bonds is 4. The zero-order valence-corrected chi connectivity index (χ0v) is 14.3. The number of hydrogen-bond donors (Lipinski definition) is 1. The van der Waals surface area contributed by atoms with E-state index < -0.39 is 0 Å². The van der Waals surface area contributed by atoms with E-state index in [2.05, 4.69) is 55.0 Å². The zero-order valence-electron chi connectivity index (χ0n) is 12.7. The van der Waals surface area contributed by atoms with E-state index in [1.807, 2.05) is 12.1 Å². The summed E-state index contributed by atoms with van der Waals surface area (Å²) in [6, 6.07) is 6.20. The largest absolute Gasteiger partial charge is 0.497 e. The number of nitrogens with one attached hydrogen (secondary N) is 1. The van der Waals surface area contributed by atoms with Gasteiger partial charge in [0.1, 0.15) is 17.1 Å². The van der Waals surface area contributed by atoms with Gasteiger partial charge in [-0.3, -0.25) is 0 Å². The molecule has 20 heavy (non-hydrogen) atoms. The number of fused-ring (bicyclic) bond motifs is 1. The van der Waals surface area contributed by atoms with Crippen molar-refractivity contribution in [2.24, 2.45) is 5.41 Å². The van der Waals surface area contributed by atoms with Gasteiger partial charge in [0.2, 0.25) is 0 Å². The highest BCUT2D eigenvalue weighted by molar-refractivity contribution is 9.10. The van der Waals surface area contributed by atoms with Gasteiger partial charge in [-0.1, -0.05) is 27.7 Å². The summed E-state index contributed by atoms with van der Waals surface area (Å²) < 4.78 is 12.3. The summed E-state index contributed by atoms with van der Waals surface area (Å²) >= 11 is 3.55. The third kappa shape index (κ3) is 3.01. The maximum Gasteiger partial charge on any atom is 0.148 e. The molecule has 0 aliphatic rings. The Bertz CT molecular complexity index is 598. The molecule has 110 valence electrons. The Kier molecular flexibility index (Phi) is 4.45. The SMILES string of the molecule is CCNC(c1cc2cc(OC)cc(Br)c2o1)C(C)(C)C. The van der Waals surface area contributed by atoms with Crippen molar-refractivity contribution < 1.29 is 9.15 Å². The molecule has 1 unspecified atom stereocenters. The van der Waals surface area contributed by atoms with Crippen molar-refractivity contribution in [1.82, 2.24) is 5.32 Å². The normalized spacial score (nSPS) is 13.7. The third-order valence-corrected chi connectivity index (χ3v) is 3.95. The van der Waals surface area contributed by atoms with Crippen LogP contribution in [0, 0.1) is 5.41 Å². The molecule has 0 aliphatic heterocycles. The molecule has 0 saturated carbocycles. The van der Waals surface area contributed by atoms with Crippen molar-refractivity contribution in [3.63, 3.8) is 0 Å². The second-order valence-corrected chi connectivity index (χ2v) is 6.89. The lowest BCUT2D eigenvalue weighted by Gasteiger charge is -2.29. The summed E-state index contributed by atoms with van der Waals surface area (Å²) in [4.78, 5) is 0. The Balaban J connectivity index is 2.52.